The van der Waals surface area contributed by atoms with Crippen molar-refractivity contribution in [3.8, 4) is 0 Å². The molecular weight excluding hydrogens is 292 g/mol. The van der Waals surface area contributed by atoms with Crippen LogP contribution >= 0.6 is 11.6 Å². The number of nitrogens with zero attached hydrogens (tertiary/aromatic N) is 3. The Bertz CT molecular complexity index is 570. The van der Waals surface area contributed by atoms with Gasteiger partial charge < -0.3 is 10.6 Å². The molecule has 116 valence electrons. The van der Waals surface area contributed by atoms with Gasteiger partial charge in [-0.1, -0.05) is 11.6 Å². The van der Waals surface area contributed by atoms with E-state index in [1.807, 2.05) is 20.8 Å². The minimum atomic E-state index is -0.339. The van der Waals surface area contributed by atoms with Gasteiger partial charge in [-0.3, -0.25) is 14.3 Å². The summed E-state index contributed by atoms with van der Waals surface area (Å²) in [4.78, 5) is 25.6. The van der Waals surface area contributed by atoms with Gasteiger partial charge in [0.1, 0.15) is 6.54 Å². The van der Waals surface area contributed by atoms with E-state index in [9.17, 15) is 9.59 Å². The summed E-state index contributed by atoms with van der Waals surface area (Å²) in [5, 5.41) is 4.86. The topological polar surface area (TPSA) is 81.2 Å². The Morgan fingerprint density at radius 2 is 2.05 bits per heavy atom. The molecule has 1 aromatic heterocycles. The summed E-state index contributed by atoms with van der Waals surface area (Å²) in [5.41, 5.74) is 6.85. The lowest BCUT2D eigenvalue weighted by Gasteiger charge is -2.37. The maximum Gasteiger partial charge on any atom is 0.244 e. The molecule has 1 fully saturated rings. The zero-order valence-corrected chi connectivity index (χ0v) is 13.4. The average molecular weight is 313 g/mol. The van der Waals surface area contributed by atoms with Crippen molar-refractivity contribution in [3.05, 3.63) is 16.4 Å². The number of halogens is 1. The van der Waals surface area contributed by atoms with Gasteiger partial charge in [-0.15, -0.1) is 0 Å². The zero-order valence-electron chi connectivity index (χ0n) is 12.6. The standard InChI is InChI=1S/C14H21ClN4O2/c1-8-4-5-11(14(16)21)6-18(8)12(20)7-19-10(3)13(15)9(2)17-19/h8,11H,4-7H2,1-3H3,(H2,16,21)/t8-,11+/m1/s1. The fourth-order valence-electron chi connectivity index (χ4n) is 2.73. The normalized spacial score (nSPS) is 22.4. The van der Waals surface area contributed by atoms with Crippen molar-refractivity contribution >= 4 is 23.4 Å². The number of aryl methyl sites for hydroxylation is 1. The van der Waals surface area contributed by atoms with Crippen LogP contribution in [0.4, 0.5) is 0 Å². The second-order valence-electron chi connectivity index (χ2n) is 5.71. The molecular formula is C14H21ClN4O2. The molecule has 2 heterocycles. The summed E-state index contributed by atoms with van der Waals surface area (Å²) in [6, 6.07) is 0.112. The number of amides is 2. The first-order valence-corrected chi connectivity index (χ1v) is 7.47. The van der Waals surface area contributed by atoms with Crippen molar-refractivity contribution < 1.29 is 9.59 Å². The molecule has 7 heteroatoms. The van der Waals surface area contributed by atoms with Gasteiger partial charge in [-0.25, -0.2) is 0 Å². The molecule has 1 saturated heterocycles. The molecule has 1 aromatic rings. The molecule has 2 atom stereocenters. The molecule has 0 radical (unpaired) electrons. The summed E-state index contributed by atoms with van der Waals surface area (Å²) in [7, 11) is 0. The molecule has 0 aliphatic carbocycles. The molecule has 0 aromatic carbocycles. The van der Waals surface area contributed by atoms with Gasteiger partial charge in [0.2, 0.25) is 11.8 Å². The first-order valence-electron chi connectivity index (χ1n) is 7.09. The van der Waals surface area contributed by atoms with Crippen molar-refractivity contribution in [2.45, 2.75) is 46.2 Å². The third kappa shape index (κ3) is 3.20. The van der Waals surface area contributed by atoms with Crippen molar-refractivity contribution in [2.24, 2.45) is 11.7 Å². The molecule has 0 unspecified atom stereocenters. The number of likely N-dealkylation sites (tertiary alicyclic amines) is 1. The molecule has 2 amide bonds. The van der Waals surface area contributed by atoms with E-state index in [0.29, 0.717) is 17.3 Å². The Balaban J connectivity index is 2.11. The van der Waals surface area contributed by atoms with E-state index in [4.69, 9.17) is 17.3 Å². The van der Waals surface area contributed by atoms with Crippen LogP contribution in [-0.4, -0.2) is 39.1 Å². The van der Waals surface area contributed by atoms with E-state index >= 15 is 0 Å². The molecule has 0 spiro atoms. The van der Waals surface area contributed by atoms with Crippen LogP contribution in [0.25, 0.3) is 0 Å². The molecule has 0 bridgehead atoms. The van der Waals surface area contributed by atoms with Gasteiger partial charge in [-0.05, 0) is 33.6 Å². The molecule has 0 saturated carbocycles. The van der Waals surface area contributed by atoms with Gasteiger partial charge in [0.25, 0.3) is 0 Å². The highest BCUT2D eigenvalue weighted by Crippen LogP contribution is 2.23. The number of rotatable bonds is 3. The second kappa shape index (κ2) is 6.05. The average Bonchev–Trinajstić information content (AvgIpc) is 2.66. The second-order valence-corrected chi connectivity index (χ2v) is 6.09. The predicted molar refractivity (Wildman–Crippen MR) is 79.8 cm³/mol. The molecule has 1 aliphatic rings. The van der Waals surface area contributed by atoms with Crippen LogP contribution in [0.3, 0.4) is 0 Å². The van der Waals surface area contributed by atoms with E-state index < -0.39 is 0 Å². The van der Waals surface area contributed by atoms with Crippen molar-refractivity contribution in [1.29, 1.82) is 0 Å². The highest BCUT2D eigenvalue weighted by atomic mass is 35.5. The minimum absolute atomic E-state index is 0.0595. The molecule has 6 nitrogen and oxygen atoms in total. The van der Waals surface area contributed by atoms with E-state index in [1.54, 1.807) is 9.58 Å². The number of aromatic nitrogens is 2. The summed E-state index contributed by atoms with van der Waals surface area (Å²) >= 11 is 6.09. The fraction of sp³-hybridized carbons (Fsp3) is 0.643. The Morgan fingerprint density at radius 3 is 2.57 bits per heavy atom. The number of hydrogen-bond acceptors (Lipinski definition) is 3. The number of carbonyl (C=O) groups is 2. The van der Waals surface area contributed by atoms with Crippen molar-refractivity contribution in [3.63, 3.8) is 0 Å². The van der Waals surface area contributed by atoms with Crippen molar-refractivity contribution in [2.75, 3.05) is 6.54 Å². The largest absolute Gasteiger partial charge is 0.369 e. The van der Waals surface area contributed by atoms with Crippen LogP contribution in [0, 0.1) is 19.8 Å². The summed E-state index contributed by atoms with van der Waals surface area (Å²) in [6.45, 7) is 6.16. The van der Waals surface area contributed by atoms with Crippen LogP contribution in [0.2, 0.25) is 5.02 Å². The molecule has 2 rings (SSSR count). The van der Waals surface area contributed by atoms with Gasteiger partial charge >= 0.3 is 0 Å². The number of primary amides is 1. The third-order valence-corrected chi connectivity index (χ3v) is 4.73. The highest BCUT2D eigenvalue weighted by molar-refractivity contribution is 6.31. The zero-order chi connectivity index (χ0) is 15.7. The lowest BCUT2D eigenvalue weighted by molar-refractivity contribution is -0.138. The number of piperidine rings is 1. The third-order valence-electron chi connectivity index (χ3n) is 4.18. The highest BCUT2D eigenvalue weighted by Gasteiger charge is 2.31. The Kier molecular flexibility index (Phi) is 4.56. The van der Waals surface area contributed by atoms with Crippen molar-refractivity contribution in [1.82, 2.24) is 14.7 Å². The van der Waals surface area contributed by atoms with Crippen LogP contribution in [0.5, 0.6) is 0 Å². The Hall–Kier alpha value is -1.56. The maximum atomic E-state index is 12.5. The Labute approximate surface area is 129 Å². The van der Waals surface area contributed by atoms with E-state index in [1.165, 1.54) is 0 Å². The van der Waals surface area contributed by atoms with Gasteiger partial charge in [0, 0.05) is 12.6 Å². The summed E-state index contributed by atoms with van der Waals surface area (Å²) < 4.78 is 1.61. The van der Waals surface area contributed by atoms with E-state index in [-0.39, 0.29) is 30.3 Å². The predicted octanol–water partition coefficient (Wildman–Crippen LogP) is 1.27. The SMILES string of the molecule is Cc1nn(CC(=O)N2C[C@@H](C(N)=O)CC[C@H]2C)c(C)c1Cl. The lowest BCUT2D eigenvalue weighted by atomic mass is 9.93. The first kappa shape index (κ1) is 15.8. The first-order chi connectivity index (χ1) is 9.81. The summed E-state index contributed by atoms with van der Waals surface area (Å²) in [6.07, 6.45) is 1.53. The lowest BCUT2D eigenvalue weighted by Crippen LogP contribution is -2.49. The number of hydrogen-bond donors (Lipinski definition) is 1. The van der Waals surface area contributed by atoms with E-state index in [0.717, 1.165) is 18.5 Å². The van der Waals surface area contributed by atoms with E-state index in [2.05, 4.69) is 5.10 Å². The van der Waals surface area contributed by atoms with Crippen LogP contribution in [0.1, 0.15) is 31.2 Å². The molecule has 1 aliphatic heterocycles. The number of carbonyl (C=O) groups excluding carboxylic acids is 2. The Morgan fingerprint density at radius 1 is 1.38 bits per heavy atom. The van der Waals surface area contributed by atoms with Gasteiger partial charge in [-0.2, -0.15) is 5.10 Å². The van der Waals surface area contributed by atoms with Crippen LogP contribution in [0.15, 0.2) is 0 Å². The van der Waals surface area contributed by atoms with Gasteiger partial charge in [0.05, 0.1) is 22.3 Å². The minimum Gasteiger partial charge on any atom is -0.369 e. The van der Waals surface area contributed by atoms with Gasteiger partial charge in [0.15, 0.2) is 0 Å². The maximum absolute atomic E-state index is 12.5. The fourth-order valence-corrected chi connectivity index (χ4v) is 2.87. The molecule has 21 heavy (non-hydrogen) atoms. The smallest absolute Gasteiger partial charge is 0.244 e. The number of nitrogens with two attached hydrogens (primary N) is 1. The monoisotopic (exact) mass is 312 g/mol. The molecule has 2 N–H and O–H groups in total. The quantitative estimate of drug-likeness (QED) is 0.912. The van der Waals surface area contributed by atoms with Crippen LogP contribution in [-0.2, 0) is 16.1 Å². The van der Waals surface area contributed by atoms with Crippen LogP contribution < -0.4 is 5.73 Å². The summed E-state index contributed by atoms with van der Waals surface area (Å²) in [5.74, 6) is -0.654.